The Morgan fingerprint density at radius 2 is 1.81 bits per heavy atom. The van der Waals surface area contributed by atoms with Gasteiger partial charge >= 0.3 is 0 Å². The Labute approximate surface area is 96.0 Å². The van der Waals surface area contributed by atoms with Gasteiger partial charge in [-0.3, -0.25) is 4.90 Å². The molecule has 0 bridgehead atoms. The van der Waals surface area contributed by atoms with Crippen LogP contribution in [0.4, 0.5) is 5.69 Å². The maximum absolute atomic E-state index is 8.91. The number of nitrogens with zero attached hydrogens (tertiary/aromatic N) is 2. The van der Waals surface area contributed by atoms with E-state index in [0.717, 1.165) is 16.9 Å². The molecule has 1 aromatic carbocycles. The molecule has 0 aliphatic carbocycles. The summed E-state index contributed by atoms with van der Waals surface area (Å²) in [5.74, 6) is 1.47. The van der Waals surface area contributed by atoms with Crippen molar-refractivity contribution in [3.8, 4) is 17.7 Å². The van der Waals surface area contributed by atoms with Crippen LogP contribution in [0.5, 0.6) is 11.5 Å². The van der Waals surface area contributed by atoms with Gasteiger partial charge in [0.15, 0.2) is 6.19 Å². The summed E-state index contributed by atoms with van der Waals surface area (Å²) >= 11 is 0. The molecule has 1 rings (SSSR count). The molecule has 1 aromatic rings. The smallest absolute Gasteiger partial charge is 0.184 e. The van der Waals surface area contributed by atoms with Crippen LogP contribution in [0.15, 0.2) is 6.07 Å². The van der Waals surface area contributed by atoms with Crippen LogP contribution < -0.4 is 14.4 Å². The fourth-order valence-corrected chi connectivity index (χ4v) is 1.62. The molecule has 0 atom stereocenters. The number of ether oxygens (including phenoxy) is 2. The Morgan fingerprint density at radius 3 is 2.25 bits per heavy atom. The number of methoxy groups -OCH3 is 2. The van der Waals surface area contributed by atoms with Crippen molar-refractivity contribution in [1.29, 1.82) is 5.26 Å². The van der Waals surface area contributed by atoms with Crippen LogP contribution in [0.2, 0.25) is 0 Å². The molecule has 4 nitrogen and oxygen atoms in total. The fourth-order valence-electron chi connectivity index (χ4n) is 1.62. The van der Waals surface area contributed by atoms with Crippen LogP contribution in [0.3, 0.4) is 0 Å². The lowest BCUT2D eigenvalue weighted by atomic mass is 10.1. The summed E-state index contributed by atoms with van der Waals surface area (Å²) in [4.78, 5) is 1.45. The second-order valence-electron chi connectivity index (χ2n) is 3.54. The quantitative estimate of drug-likeness (QED) is 0.579. The van der Waals surface area contributed by atoms with Crippen molar-refractivity contribution >= 4 is 5.69 Å². The maximum atomic E-state index is 8.91. The van der Waals surface area contributed by atoms with Gasteiger partial charge in [0.2, 0.25) is 0 Å². The molecule has 0 aliphatic rings. The molecule has 0 fully saturated rings. The van der Waals surface area contributed by atoms with Crippen LogP contribution in [-0.4, -0.2) is 21.3 Å². The van der Waals surface area contributed by atoms with Crippen molar-refractivity contribution in [3.05, 3.63) is 17.2 Å². The first-order chi connectivity index (χ1) is 7.56. The molecule has 0 aromatic heterocycles. The number of nitriles is 1. The number of hydrogen-bond donors (Lipinski definition) is 0. The highest BCUT2D eigenvalue weighted by Crippen LogP contribution is 2.38. The molecule has 0 N–H and O–H groups in total. The van der Waals surface area contributed by atoms with Gasteiger partial charge in [-0.05, 0) is 25.0 Å². The Balaban J connectivity index is 3.48. The van der Waals surface area contributed by atoms with E-state index in [1.165, 1.54) is 4.90 Å². The lowest BCUT2D eigenvalue weighted by Gasteiger charge is -2.19. The van der Waals surface area contributed by atoms with Crippen LogP contribution >= 0.6 is 0 Å². The number of hydrogen-bond acceptors (Lipinski definition) is 4. The standard InChI is InChI=1S/C12H16N2O2/c1-8-9(2)12(16-5)10(14(3)7-13)6-11(8)15-4/h6H,1-5H3. The van der Waals surface area contributed by atoms with Gasteiger partial charge in [-0.2, -0.15) is 5.26 Å². The normalized spacial score (nSPS) is 9.50. The van der Waals surface area contributed by atoms with Crippen LogP contribution in [-0.2, 0) is 0 Å². The Hall–Kier alpha value is -1.89. The van der Waals surface area contributed by atoms with E-state index >= 15 is 0 Å². The summed E-state index contributed by atoms with van der Waals surface area (Å²) in [6.45, 7) is 3.91. The predicted octanol–water partition coefficient (Wildman–Crippen LogP) is 2.24. The third-order valence-corrected chi connectivity index (χ3v) is 2.71. The highest BCUT2D eigenvalue weighted by molar-refractivity contribution is 5.68. The fraction of sp³-hybridized carbons (Fsp3) is 0.417. The van der Waals surface area contributed by atoms with E-state index in [2.05, 4.69) is 6.19 Å². The van der Waals surface area contributed by atoms with Crippen molar-refractivity contribution in [2.45, 2.75) is 13.8 Å². The number of anilines is 1. The first-order valence-corrected chi connectivity index (χ1v) is 4.92. The van der Waals surface area contributed by atoms with Crippen molar-refractivity contribution in [1.82, 2.24) is 0 Å². The summed E-state index contributed by atoms with van der Waals surface area (Å²) in [6, 6.07) is 1.81. The van der Waals surface area contributed by atoms with E-state index < -0.39 is 0 Å². The van der Waals surface area contributed by atoms with Crippen LogP contribution in [0.1, 0.15) is 11.1 Å². The zero-order chi connectivity index (χ0) is 12.3. The summed E-state index contributed by atoms with van der Waals surface area (Å²) in [7, 11) is 4.90. The van der Waals surface area contributed by atoms with Gasteiger partial charge in [-0.1, -0.05) is 0 Å². The average Bonchev–Trinajstić information content (AvgIpc) is 2.31. The van der Waals surface area contributed by atoms with E-state index in [-0.39, 0.29) is 0 Å². The van der Waals surface area contributed by atoms with E-state index in [9.17, 15) is 0 Å². The highest BCUT2D eigenvalue weighted by atomic mass is 16.5. The summed E-state index contributed by atoms with van der Waals surface area (Å²) in [6.07, 6.45) is 2.05. The van der Waals surface area contributed by atoms with Crippen LogP contribution in [0, 0.1) is 25.3 Å². The molecular formula is C12H16N2O2. The zero-order valence-electron chi connectivity index (χ0n) is 10.3. The third-order valence-electron chi connectivity index (χ3n) is 2.71. The summed E-state index contributed by atoms with van der Waals surface area (Å²) in [5, 5.41) is 8.91. The van der Waals surface area contributed by atoms with Gasteiger partial charge in [0.1, 0.15) is 11.5 Å². The Morgan fingerprint density at radius 1 is 1.19 bits per heavy atom. The number of benzene rings is 1. The summed E-state index contributed by atoms with van der Waals surface area (Å²) < 4.78 is 10.6. The van der Waals surface area contributed by atoms with Gasteiger partial charge in [0, 0.05) is 13.1 Å². The second-order valence-corrected chi connectivity index (χ2v) is 3.54. The molecular weight excluding hydrogens is 204 g/mol. The molecule has 0 amide bonds. The Bertz CT molecular complexity index is 436. The zero-order valence-corrected chi connectivity index (χ0v) is 10.3. The van der Waals surface area contributed by atoms with Crippen LogP contribution in [0.25, 0.3) is 0 Å². The van der Waals surface area contributed by atoms with E-state index in [1.54, 1.807) is 21.3 Å². The lowest BCUT2D eigenvalue weighted by Crippen LogP contribution is -2.11. The minimum atomic E-state index is 0.711. The van der Waals surface area contributed by atoms with E-state index in [4.69, 9.17) is 14.7 Å². The van der Waals surface area contributed by atoms with Gasteiger partial charge in [0.05, 0.1) is 19.9 Å². The Kier molecular flexibility index (Phi) is 3.62. The first kappa shape index (κ1) is 12.2. The monoisotopic (exact) mass is 220 g/mol. The van der Waals surface area contributed by atoms with Gasteiger partial charge < -0.3 is 9.47 Å². The molecule has 0 radical (unpaired) electrons. The summed E-state index contributed by atoms with van der Waals surface area (Å²) in [5.41, 5.74) is 2.72. The van der Waals surface area contributed by atoms with Gasteiger partial charge in [0.25, 0.3) is 0 Å². The van der Waals surface area contributed by atoms with Crippen molar-refractivity contribution in [3.63, 3.8) is 0 Å². The molecule has 16 heavy (non-hydrogen) atoms. The first-order valence-electron chi connectivity index (χ1n) is 4.92. The molecule has 0 heterocycles. The van der Waals surface area contributed by atoms with E-state index in [1.807, 2.05) is 19.9 Å². The van der Waals surface area contributed by atoms with Gasteiger partial charge in [-0.15, -0.1) is 0 Å². The lowest BCUT2D eigenvalue weighted by molar-refractivity contribution is 0.398. The number of rotatable bonds is 3. The molecule has 0 aliphatic heterocycles. The topological polar surface area (TPSA) is 45.5 Å². The molecule has 0 saturated heterocycles. The SMILES string of the molecule is COc1cc(N(C)C#N)c(OC)c(C)c1C. The second kappa shape index (κ2) is 4.75. The predicted molar refractivity (Wildman–Crippen MR) is 63.0 cm³/mol. The highest BCUT2D eigenvalue weighted by Gasteiger charge is 2.16. The third kappa shape index (κ3) is 1.89. The molecule has 4 heteroatoms. The van der Waals surface area contributed by atoms with E-state index in [0.29, 0.717) is 11.4 Å². The van der Waals surface area contributed by atoms with Crippen molar-refractivity contribution < 1.29 is 9.47 Å². The average molecular weight is 220 g/mol. The van der Waals surface area contributed by atoms with Gasteiger partial charge in [-0.25, -0.2) is 0 Å². The minimum Gasteiger partial charge on any atom is -0.496 e. The van der Waals surface area contributed by atoms with Crippen molar-refractivity contribution in [2.24, 2.45) is 0 Å². The minimum absolute atomic E-state index is 0.711. The van der Waals surface area contributed by atoms with Crippen molar-refractivity contribution in [2.75, 3.05) is 26.2 Å². The molecule has 0 spiro atoms. The molecule has 86 valence electrons. The largest absolute Gasteiger partial charge is 0.496 e. The molecule has 0 saturated carbocycles. The molecule has 0 unspecified atom stereocenters. The maximum Gasteiger partial charge on any atom is 0.184 e.